The van der Waals surface area contributed by atoms with Crippen LogP contribution in [-0.2, 0) is 0 Å². The molecule has 4 nitrogen and oxygen atoms in total. The summed E-state index contributed by atoms with van der Waals surface area (Å²) in [7, 11) is 0. The molecule has 1 aromatic carbocycles. The summed E-state index contributed by atoms with van der Waals surface area (Å²) in [5, 5.41) is 21.8. The van der Waals surface area contributed by atoms with Gasteiger partial charge in [-0.05, 0) is 31.4 Å². The molecule has 0 amide bonds. The predicted octanol–water partition coefficient (Wildman–Crippen LogP) is 2.13. The number of nitriles is 1. The monoisotopic (exact) mass is 228 g/mol. The van der Waals surface area contributed by atoms with Crippen LogP contribution in [0.5, 0.6) is 5.75 Å². The van der Waals surface area contributed by atoms with Crippen molar-refractivity contribution in [2.24, 2.45) is 0 Å². The van der Waals surface area contributed by atoms with E-state index in [1.54, 1.807) is 18.2 Å². The van der Waals surface area contributed by atoms with Crippen LogP contribution in [0.2, 0.25) is 0 Å². The molecule has 0 radical (unpaired) electrons. The molecule has 0 unspecified atom stereocenters. The average molecular weight is 228 g/mol. The molecule has 86 valence electrons. The van der Waals surface area contributed by atoms with Gasteiger partial charge >= 0.3 is 0 Å². The SMILES string of the molecule is CC(C)Oc1cc2c[n+]([O-])ccc2cc1C#N. The zero-order valence-electron chi connectivity index (χ0n) is 9.68. The van der Waals surface area contributed by atoms with Crippen LogP contribution in [0.25, 0.3) is 10.8 Å². The van der Waals surface area contributed by atoms with Crippen molar-refractivity contribution in [3.63, 3.8) is 0 Å². The molecule has 0 aliphatic rings. The lowest BCUT2D eigenvalue weighted by molar-refractivity contribution is -0.603. The fourth-order valence-electron chi connectivity index (χ4n) is 1.64. The second-order valence-electron chi connectivity index (χ2n) is 4.06. The van der Waals surface area contributed by atoms with Crippen molar-refractivity contribution in [3.8, 4) is 11.8 Å². The number of nitrogens with zero attached hydrogens (tertiary/aromatic N) is 2. The van der Waals surface area contributed by atoms with E-state index in [2.05, 4.69) is 6.07 Å². The summed E-state index contributed by atoms with van der Waals surface area (Å²) < 4.78 is 6.28. The van der Waals surface area contributed by atoms with Gasteiger partial charge in [0, 0.05) is 6.07 Å². The molecule has 0 fully saturated rings. The molecule has 0 atom stereocenters. The Labute approximate surface area is 99.3 Å². The molecule has 1 heterocycles. The van der Waals surface area contributed by atoms with Gasteiger partial charge in [0.25, 0.3) is 0 Å². The summed E-state index contributed by atoms with van der Waals surface area (Å²) in [4.78, 5) is 0. The highest BCUT2D eigenvalue weighted by molar-refractivity contribution is 5.84. The Kier molecular flexibility index (Phi) is 2.84. The first-order valence-corrected chi connectivity index (χ1v) is 5.33. The standard InChI is InChI=1S/C13H12N2O2/c1-9(2)17-13-6-12-8-15(16)4-3-10(12)5-11(13)7-14/h3-6,8-9H,1-2H3. The highest BCUT2D eigenvalue weighted by Crippen LogP contribution is 2.25. The van der Waals surface area contributed by atoms with E-state index in [1.807, 2.05) is 13.8 Å². The molecule has 0 saturated carbocycles. The van der Waals surface area contributed by atoms with Crippen LogP contribution in [0.1, 0.15) is 19.4 Å². The van der Waals surface area contributed by atoms with Crippen LogP contribution >= 0.6 is 0 Å². The van der Waals surface area contributed by atoms with Gasteiger partial charge in [-0.25, -0.2) is 0 Å². The maximum atomic E-state index is 11.2. The average Bonchev–Trinajstić information content (AvgIpc) is 2.27. The molecule has 0 saturated heterocycles. The quantitative estimate of drug-likeness (QED) is 0.584. The highest BCUT2D eigenvalue weighted by Gasteiger charge is 2.09. The van der Waals surface area contributed by atoms with E-state index in [0.29, 0.717) is 11.3 Å². The number of rotatable bonds is 2. The number of hydrogen-bond acceptors (Lipinski definition) is 3. The maximum absolute atomic E-state index is 11.2. The van der Waals surface area contributed by atoms with Crippen molar-refractivity contribution < 1.29 is 9.47 Å². The first kappa shape index (κ1) is 11.2. The van der Waals surface area contributed by atoms with Gasteiger partial charge in [-0.15, -0.1) is 0 Å². The third-order valence-electron chi connectivity index (χ3n) is 2.34. The summed E-state index contributed by atoms with van der Waals surface area (Å²) in [6.45, 7) is 3.79. The summed E-state index contributed by atoms with van der Waals surface area (Å²) in [6.07, 6.45) is 2.86. The summed E-state index contributed by atoms with van der Waals surface area (Å²) in [5.74, 6) is 0.515. The second kappa shape index (κ2) is 4.30. The van der Waals surface area contributed by atoms with Gasteiger partial charge in [-0.2, -0.15) is 9.99 Å². The number of hydrogen-bond donors (Lipinski definition) is 0. The fraction of sp³-hybridized carbons (Fsp3) is 0.231. The lowest BCUT2D eigenvalue weighted by Crippen LogP contribution is -2.23. The minimum atomic E-state index is -0.0114. The Bertz CT molecular complexity index is 600. The number of aromatic nitrogens is 1. The number of pyridine rings is 1. The summed E-state index contributed by atoms with van der Waals surface area (Å²) in [6, 6.07) is 7.23. The van der Waals surface area contributed by atoms with Crippen LogP contribution in [-0.4, -0.2) is 6.10 Å². The first-order chi connectivity index (χ1) is 8.10. The Balaban J connectivity index is 2.62. The van der Waals surface area contributed by atoms with Gasteiger partial charge in [0.1, 0.15) is 11.8 Å². The van der Waals surface area contributed by atoms with E-state index >= 15 is 0 Å². The largest absolute Gasteiger partial charge is 0.619 e. The van der Waals surface area contributed by atoms with Crippen molar-refractivity contribution in [1.82, 2.24) is 0 Å². The number of benzene rings is 1. The fourth-order valence-corrected chi connectivity index (χ4v) is 1.64. The molecule has 2 rings (SSSR count). The van der Waals surface area contributed by atoms with Gasteiger partial charge in [0.2, 0.25) is 0 Å². The molecular formula is C13H12N2O2. The van der Waals surface area contributed by atoms with Crippen LogP contribution in [0.15, 0.2) is 30.6 Å². The van der Waals surface area contributed by atoms with Crippen LogP contribution in [0.4, 0.5) is 0 Å². The van der Waals surface area contributed by atoms with Crippen LogP contribution < -0.4 is 9.47 Å². The lowest BCUT2D eigenvalue weighted by Gasteiger charge is -2.11. The van der Waals surface area contributed by atoms with Gasteiger partial charge < -0.3 is 9.94 Å². The molecule has 0 aliphatic carbocycles. The topological polar surface area (TPSA) is 60.0 Å². The minimum absolute atomic E-state index is 0.0114. The van der Waals surface area contributed by atoms with E-state index in [1.165, 1.54) is 12.4 Å². The second-order valence-corrected chi connectivity index (χ2v) is 4.06. The third-order valence-corrected chi connectivity index (χ3v) is 2.34. The Hall–Kier alpha value is -2.28. The lowest BCUT2D eigenvalue weighted by atomic mass is 10.1. The van der Waals surface area contributed by atoms with E-state index in [9.17, 15) is 5.21 Å². The van der Waals surface area contributed by atoms with Gasteiger partial charge in [-0.3, -0.25) is 0 Å². The van der Waals surface area contributed by atoms with E-state index in [4.69, 9.17) is 10.00 Å². The summed E-state index contributed by atoms with van der Waals surface area (Å²) >= 11 is 0. The molecule has 2 aromatic rings. The Morgan fingerprint density at radius 2 is 2.12 bits per heavy atom. The first-order valence-electron chi connectivity index (χ1n) is 5.33. The van der Waals surface area contributed by atoms with Crippen LogP contribution in [0, 0.1) is 16.5 Å². The molecule has 17 heavy (non-hydrogen) atoms. The third kappa shape index (κ3) is 2.28. The molecule has 0 N–H and O–H groups in total. The smallest absolute Gasteiger partial charge is 0.188 e. The van der Waals surface area contributed by atoms with Gasteiger partial charge in [0.05, 0.1) is 17.1 Å². The number of fused-ring (bicyclic) bond motifs is 1. The maximum Gasteiger partial charge on any atom is 0.188 e. The van der Waals surface area contributed by atoms with Gasteiger partial charge in [-0.1, -0.05) is 0 Å². The zero-order chi connectivity index (χ0) is 12.4. The van der Waals surface area contributed by atoms with E-state index in [-0.39, 0.29) is 6.10 Å². The molecule has 0 spiro atoms. The normalized spacial score (nSPS) is 10.5. The van der Waals surface area contributed by atoms with E-state index < -0.39 is 0 Å². The van der Waals surface area contributed by atoms with Crippen molar-refractivity contribution in [3.05, 3.63) is 41.4 Å². The van der Waals surface area contributed by atoms with E-state index in [0.717, 1.165) is 15.5 Å². The molecule has 0 aliphatic heterocycles. The molecule has 1 aromatic heterocycles. The molecule has 4 heteroatoms. The number of ether oxygens (including phenoxy) is 1. The van der Waals surface area contributed by atoms with Crippen molar-refractivity contribution in [1.29, 1.82) is 5.26 Å². The van der Waals surface area contributed by atoms with Crippen LogP contribution in [0.3, 0.4) is 0 Å². The van der Waals surface area contributed by atoms with Gasteiger partial charge in [0.15, 0.2) is 12.4 Å². The van der Waals surface area contributed by atoms with Crippen molar-refractivity contribution in [2.45, 2.75) is 20.0 Å². The Morgan fingerprint density at radius 1 is 1.35 bits per heavy atom. The summed E-state index contributed by atoms with van der Waals surface area (Å²) in [5.41, 5.74) is 0.481. The zero-order valence-corrected chi connectivity index (χ0v) is 9.68. The molecular weight excluding hydrogens is 216 g/mol. The Morgan fingerprint density at radius 3 is 2.76 bits per heavy atom. The predicted molar refractivity (Wildman–Crippen MR) is 63.4 cm³/mol. The highest BCUT2D eigenvalue weighted by atomic mass is 16.5. The van der Waals surface area contributed by atoms with Crippen molar-refractivity contribution in [2.75, 3.05) is 0 Å². The van der Waals surface area contributed by atoms with Crippen molar-refractivity contribution >= 4 is 10.8 Å². The minimum Gasteiger partial charge on any atom is -0.619 e. The molecule has 0 bridgehead atoms.